The van der Waals surface area contributed by atoms with E-state index in [4.69, 9.17) is 4.52 Å². The first-order valence-corrected chi connectivity index (χ1v) is 12.3. The highest BCUT2D eigenvalue weighted by Gasteiger charge is 2.24. The topological polar surface area (TPSA) is 69.8 Å². The Hall–Kier alpha value is -4.37. The molecule has 0 aliphatic carbocycles. The van der Waals surface area contributed by atoms with Gasteiger partial charge in [0, 0.05) is 67.4 Å². The van der Waals surface area contributed by atoms with Crippen LogP contribution in [0, 0.1) is 11.6 Å². The molecule has 0 atom stereocenters. The third kappa shape index (κ3) is 5.05. The second-order valence-corrected chi connectivity index (χ2v) is 9.11. The van der Waals surface area contributed by atoms with Crippen LogP contribution in [0.25, 0.3) is 22.3 Å². The van der Waals surface area contributed by atoms with Gasteiger partial charge in [-0.2, -0.15) is 0 Å². The summed E-state index contributed by atoms with van der Waals surface area (Å²) in [6, 6.07) is 8.00. The van der Waals surface area contributed by atoms with Crippen LogP contribution in [-0.2, 0) is 0 Å². The van der Waals surface area contributed by atoms with Crippen molar-refractivity contribution in [2.45, 2.75) is 0 Å². The Kier molecular flexibility index (Phi) is 7.28. The number of nitrogens with zero attached hydrogens (tertiary/aromatic N) is 5. The van der Waals surface area contributed by atoms with Crippen LogP contribution in [0.1, 0.15) is 11.3 Å². The van der Waals surface area contributed by atoms with E-state index in [0.717, 1.165) is 43.6 Å². The summed E-state index contributed by atoms with van der Waals surface area (Å²) < 4.78 is 33.9. The Labute approximate surface area is 220 Å². The molecule has 7 nitrogen and oxygen atoms in total. The molecule has 2 aliphatic heterocycles. The molecule has 0 saturated carbocycles. The minimum absolute atomic E-state index is 0.0649. The first-order valence-electron chi connectivity index (χ1n) is 12.3. The van der Waals surface area contributed by atoms with Gasteiger partial charge in [-0.1, -0.05) is 42.6 Å². The van der Waals surface area contributed by atoms with Crippen LogP contribution < -0.4 is 10.2 Å². The molecule has 1 N–H and O–H groups in total. The summed E-state index contributed by atoms with van der Waals surface area (Å²) in [7, 11) is 2.12. The van der Waals surface area contributed by atoms with Crippen LogP contribution in [0.15, 0.2) is 88.9 Å². The normalized spacial score (nSPS) is 16.5. The highest BCUT2D eigenvalue weighted by atomic mass is 19.2. The number of halogens is 2. The van der Waals surface area contributed by atoms with Gasteiger partial charge in [0.25, 0.3) is 0 Å². The number of anilines is 1. The molecule has 1 saturated heterocycles. The van der Waals surface area contributed by atoms with Gasteiger partial charge in [-0.05, 0) is 30.8 Å². The molecule has 2 aliphatic rings. The summed E-state index contributed by atoms with van der Waals surface area (Å²) >= 11 is 0. The molecule has 0 amide bonds. The van der Waals surface area contributed by atoms with Crippen molar-refractivity contribution in [3.05, 3.63) is 102 Å². The number of aromatic nitrogens is 2. The molecule has 1 fully saturated rings. The van der Waals surface area contributed by atoms with Gasteiger partial charge in [-0.3, -0.25) is 0 Å². The lowest BCUT2D eigenvalue weighted by Crippen LogP contribution is -2.44. The van der Waals surface area contributed by atoms with Crippen LogP contribution >= 0.6 is 0 Å². The van der Waals surface area contributed by atoms with Gasteiger partial charge < -0.3 is 19.6 Å². The molecule has 0 unspecified atom stereocenters. The largest absolute Gasteiger partial charge is 0.366 e. The van der Waals surface area contributed by atoms with Crippen molar-refractivity contribution < 1.29 is 13.3 Å². The summed E-state index contributed by atoms with van der Waals surface area (Å²) in [5.74, 6) is -0.103. The predicted octanol–water partition coefficient (Wildman–Crippen LogP) is 4.94. The third-order valence-electron chi connectivity index (χ3n) is 6.68. The number of likely N-dealkylation sites (N-methyl/N-ethyl adjacent to an activating group) is 1. The fraction of sp³-hybridized carbons (Fsp3) is 0.207. The standard InChI is InChI=1S/C29H28F2N6O/c1-4-21-23(28-24(18-35-38-28)22-6-5-7-25(30)27(22)31)10-11-32-29(21)34-16-19(2)20-8-9-26(33-17-20)37-14-12-36(3)13-15-37/h4-10,16-18,32H,1-2,11-15H2,3H3/b34-16-. The maximum Gasteiger partial charge on any atom is 0.175 e. The Balaban J connectivity index is 1.37. The second-order valence-electron chi connectivity index (χ2n) is 9.11. The number of aliphatic imine (C=N–C) groups is 1. The van der Waals surface area contributed by atoms with Crippen LogP contribution in [0.4, 0.5) is 14.6 Å². The van der Waals surface area contributed by atoms with E-state index in [0.29, 0.717) is 40.4 Å². The highest BCUT2D eigenvalue weighted by Crippen LogP contribution is 2.36. The van der Waals surface area contributed by atoms with E-state index in [9.17, 15) is 8.78 Å². The fourth-order valence-electron chi connectivity index (χ4n) is 4.47. The first-order chi connectivity index (χ1) is 18.5. The van der Waals surface area contributed by atoms with Gasteiger partial charge in [-0.25, -0.2) is 18.8 Å². The van der Waals surface area contributed by atoms with Crippen molar-refractivity contribution in [2.24, 2.45) is 4.99 Å². The van der Waals surface area contributed by atoms with Gasteiger partial charge >= 0.3 is 0 Å². The highest BCUT2D eigenvalue weighted by molar-refractivity contribution is 6.09. The lowest BCUT2D eigenvalue weighted by atomic mass is 9.95. The average molecular weight is 515 g/mol. The van der Waals surface area contributed by atoms with Crippen LogP contribution in [0.2, 0.25) is 0 Å². The van der Waals surface area contributed by atoms with Gasteiger partial charge in [0.1, 0.15) is 11.6 Å². The van der Waals surface area contributed by atoms with Crippen LogP contribution in [0.5, 0.6) is 0 Å². The quantitative estimate of drug-likeness (QED) is 0.451. The van der Waals surface area contributed by atoms with Crippen molar-refractivity contribution >= 4 is 23.2 Å². The van der Waals surface area contributed by atoms with E-state index in [1.54, 1.807) is 18.5 Å². The van der Waals surface area contributed by atoms with Gasteiger partial charge in [-0.15, -0.1) is 0 Å². The van der Waals surface area contributed by atoms with Crippen molar-refractivity contribution in [3.8, 4) is 11.1 Å². The summed E-state index contributed by atoms with van der Waals surface area (Å²) in [5, 5.41) is 7.07. The molecule has 194 valence electrons. The molecule has 4 heterocycles. The monoisotopic (exact) mass is 514 g/mol. The van der Waals surface area contributed by atoms with Gasteiger partial charge in [0.15, 0.2) is 17.4 Å². The molecule has 2 aromatic heterocycles. The number of hydrogen-bond acceptors (Lipinski definition) is 7. The smallest absolute Gasteiger partial charge is 0.175 e. The van der Waals surface area contributed by atoms with E-state index in [-0.39, 0.29) is 5.56 Å². The van der Waals surface area contributed by atoms with Gasteiger partial charge in [0.2, 0.25) is 0 Å². The van der Waals surface area contributed by atoms with Crippen LogP contribution in [-0.4, -0.2) is 61.0 Å². The lowest BCUT2D eigenvalue weighted by Gasteiger charge is -2.33. The predicted molar refractivity (Wildman–Crippen MR) is 147 cm³/mol. The van der Waals surface area contributed by atoms with Crippen molar-refractivity contribution in [2.75, 3.05) is 44.7 Å². The number of hydrogen-bond donors (Lipinski definition) is 1. The second kappa shape index (κ2) is 10.9. The number of piperazine rings is 1. The molecule has 3 aromatic rings. The Morgan fingerprint density at radius 3 is 2.66 bits per heavy atom. The molecular weight excluding hydrogens is 486 g/mol. The minimum atomic E-state index is -0.961. The number of benzene rings is 1. The van der Waals surface area contributed by atoms with Crippen molar-refractivity contribution in [1.29, 1.82) is 0 Å². The molecule has 5 rings (SSSR count). The van der Waals surface area contributed by atoms with E-state index in [2.05, 4.69) is 50.5 Å². The SMILES string of the molecule is C=CC1=C(/N=C\C(=C)c2ccc(N3CCN(C)CC3)nc2)NCC=C1c1oncc1-c1cccc(F)c1F. The molecular formula is C29H28F2N6O. The first kappa shape index (κ1) is 25.3. The maximum atomic E-state index is 14.5. The Morgan fingerprint density at radius 2 is 1.92 bits per heavy atom. The van der Waals surface area contributed by atoms with Crippen LogP contribution in [0.3, 0.4) is 0 Å². The van der Waals surface area contributed by atoms with Crippen molar-refractivity contribution in [1.82, 2.24) is 20.4 Å². The number of dihydropyridines is 1. The summed E-state index contributed by atoms with van der Waals surface area (Å²) in [6.45, 7) is 12.4. The zero-order valence-corrected chi connectivity index (χ0v) is 21.1. The summed E-state index contributed by atoms with van der Waals surface area (Å²) in [6.07, 6.45) is 8.34. The van der Waals surface area contributed by atoms with E-state index < -0.39 is 11.6 Å². The number of pyridine rings is 1. The zero-order chi connectivity index (χ0) is 26.6. The van der Waals surface area contributed by atoms with E-state index >= 15 is 0 Å². The Bertz CT molecular complexity index is 1450. The lowest BCUT2D eigenvalue weighted by molar-refractivity contribution is 0.312. The summed E-state index contributed by atoms with van der Waals surface area (Å²) in [4.78, 5) is 13.8. The summed E-state index contributed by atoms with van der Waals surface area (Å²) in [5.41, 5.74) is 3.23. The molecule has 0 bridgehead atoms. The molecule has 9 heteroatoms. The van der Waals surface area contributed by atoms with E-state index in [1.807, 2.05) is 18.2 Å². The maximum absolute atomic E-state index is 14.5. The number of rotatable bonds is 7. The fourth-order valence-corrected chi connectivity index (χ4v) is 4.47. The average Bonchev–Trinajstić information content (AvgIpc) is 3.43. The number of nitrogens with one attached hydrogen (secondary N) is 1. The molecule has 38 heavy (non-hydrogen) atoms. The minimum Gasteiger partial charge on any atom is -0.366 e. The molecule has 0 spiro atoms. The zero-order valence-electron chi connectivity index (χ0n) is 21.1. The third-order valence-corrected chi connectivity index (χ3v) is 6.68. The van der Waals surface area contributed by atoms with Crippen molar-refractivity contribution in [3.63, 3.8) is 0 Å². The van der Waals surface area contributed by atoms with Gasteiger partial charge in [0.05, 0.1) is 11.8 Å². The molecule has 1 aromatic carbocycles. The molecule has 0 radical (unpaired) electrons. The Morgan fingerprint density at radius 1 is 1.11 bits per heavy atom. The van der Waals surface area contributed by atoms with E-state index in [1.165, 1.54) is 18.3 Å². The number of allylic oxidation sites excluding steroid dienone is 4.